The number of morpholine rings is 1. The van der Waals surface area contributed by atoms with Gasteiger partial charge in [0, 0.05) is 0 Å². The van der Waals surface area contributed by atoms with Gasteiger partial charge < -0.3 is 30.4 Å². The lowest BCUT2D eigenvalue weighted by Gasteiger charge is -2.46. The van der Waals surface area contributed by atoms with Gasteiger partial charge in [-0.2, -0.15) is 0 Å². The molecular formula is C42H42N4O9. The van der Waals surface area contributed by atoms with Crippen molar-refractivity contribution in [1.82, 2.24) is 10.2 Å². The van der Waals surface area contributed by atoms with Crippen molar-refractivity contribution in [2.75, 3.05) is 25.2 Å². The highest BCUT2D eigenvalue weighted by molar-refractivity contribution is 6.25. The number of fused-ring (bicyclic) bond motifs is 3. The van der Waals surface area contributed by atoms with Crippen LogP contribution < -0.4 is 20.7 Å². The Morgan fingerprint density at radius 2 is 1.51 bits per heavy atom. The van der Waals surface area contributed by atoms with E-state index in [1.165, 1.54) is 7.11 Å². The summed E-state index contributed by atoms with van der Waals surface area (Å²) in [4.78, 5) is 74.5. The molecule has 284 valence electrons. The van der Waals surface area contributed by atoms with E-state index in [-0.39, 0.29) is 24.5 Å². The molecule has 0 radical (unpaired) electrons. The Morgan fingerprint density at radius 1 is 0.873 bits per heavy atom. The minimum Gasteiger partial charge on any atom is -0.491 e. The molecule has 4 aromatic carbocycles. The predicted octanol–water partition coefficient (Wildman–Crippen LogP) is 4.12. The molecule has 1 spiro atoms. The van der Waals surface area contributed by atoms with Gasteiger partial charge in [0.2, 0.25) is 11.8 Å². The number of amides is 4. The summed E-state index contributed by atoms with van der Waals surface area (Å²) in [7, 11) is 1.20. The van der Waals surface area contributed by atoms with E-state index in [1.807, 2.05) is 65.6 Å². The van der Waals surface area contributed by atoms with Gasteiger partial charge in [0.25, 0.3) is 0 Å². The number of urea groups is 1. The van der Waals surface area contributed by atoms with Crippen molar-refractivity contribution in [1.29, 1.82) is 0 Å². The summed E-state index contributed by atoms with van der Waals surface area (Å²) in [5.74, 6) is -4.85. The number of hydrogen-bond acceptors (Lipinski definition) is 10. The maximum absolute atomic E-state index is 15.7. The van der Waals surface area contributed by atoms with E-state index >= 15 is 4.79 Å². The standard InChI is InChI=1S/C42H42N4O9/c1-24(2)32(38(49)53-3)44-41(52)45-30-20-11-10-19-29(30)42(40(45)51)31(37(43)48)34-39(50)55-35(26-15-8-5-9-16-26)33(25-13-6-4-7-14-25)46(34)36(42)27-17-12-18-28(23-27)54-22-21-47/h4-20,23-24,31-36,47H,21-22H2,1-3H3,(H2,43,48)(H,44,52)/t31-,32+,33-,34-,35+,36+,42-/m1/s1. The van der Waals surface area contributed by atoms with Crippen LogP contribution in [-0.2, 0) is 34.1 Å². The number of carbonyl (C=O) groups excluding carboxylic acids is 5. The van der Waals surface area contributed by atoms with Gasteiger partial charge in [0.1, 0.15) is 36.0 Å². The third-order valence-electron chi connectivity index (χ3n) is 10.8. The van der Waals surface area contributed by atoms with E-state index in [4.69, 9.17) is 19.9 Å². The number of nitrogens with two attached hydrogens (primary N) is 1. The number of nitrogens with zero attached hydrogens (tertiary/aromatic N) is 2. The van der Waals surface area contributed by atoms with Gasteiger partial charge in [-0.1, -0.05) is 105 Å². The summed E-state index contributed by atoms with van der Waals surface area (Å²) in [6.07, 6.45) is -0.898. The van der Waals surface area contributed by atoms with Gasteiger partial charge in [-0.05, 0) is 46.4 Å². The number of benzene rings is 4. The summed E-state index contributed by atoms with van der Waals surface area (Å²) in [6, 6.07) is 26.7. The lowest BCUT2D eigenvalue weighted by Crippen LogP contribution is -2.57. The largest absolute Gasteiger partial charge is 0.491 e. The first-order valence-corrected chi connectivity index (χ1v) is 18.1. The van der Waals surface area contributed by atoms with E-state index in [2.05, 4.69) is 5.32 Å². The van der Waals surface area contributed by atoms with Crippen LogP contribution in [0.4, 0.5) is 10.5 Å². The first-order chi connectivity index (χ1) is 26.6. The van der Waals surface area contributed by atoms with Crippen LogP contribution in [0.25, 0.3) is 0 Å². The van der Waals surface area contributed by atoms with E-state index < -0.39 is 77.3 Å². The molecule has 4 amide bonds. The second-order valence-corrected chi connectivity index (χ2v) is 14.2. The SMILES string of the molecule is COC(=O)[C@@H](NC(=O)N1C(=O)[C@@]2(c3ccccc31)[C@H](c1cccc(OCCO)c1)N1[C@H](c3ccccc3)[C@H](c3ccccc3)OC(=O)[C@H]1[C@@H]2C(N)=O)C(C)C. The van der Waals surface area contributed by atoms with Gasteiger partial charge in [0.05, 0.1) is 37.4 Å². The number of aliphatic hydroxyl groups is 1. The molecule has 7 rings (SSSR count). The molecule has 55 heavy (non-hydrogen) atoms. The molecule has 0 aliphatic carbocycles. The van der Waals surface area contributed by atoms with Gasteiger partial charge in [-0.25, -0.2) is 14.5 Å². The number of cyclic esters (lactones) is 1. The van der Waals surface area contributed by atoms with Crippen molar-refractivity contribution in [3.05, 3.63) is 131 Å². The molecule has 0 saturated carbocycles. The van der Waals surface area contributed by atoms with Crippen LogP contribution in [0.1, 0.15) is 54.3 Å². The lowest BCUT2D eigenvalue weighted by atomic mass is 9.65. The molecule has 3 aliphatic heterocycles. The number of para-hydroxylation sites is 1. The fourth-order valence-electron chi connectivity index (χ4n) is 8.65. The number of rotatable bonds is 10. The van der Waals surface area contributed by atoms with Crippen molar-refractivity contribution in [3.8, 4) is 5.75 Å². The Balaban J connectivity index is 1.52. The molecule has 0 unspecified atom stereocenters. The Labute approximate surface area is 318 Å². The topological polar surface area (TPSA) is 178 Å². The number of imide groups is 1. The smallest absolute Gasteiger partial charge is 0.329 e. The minimum atomic E-state index is -1.99. The van der Waals surface area contributed by atoms with Gasteiger partial charge in [-0.15, -0.1) is 0 Å². The fraction of sp³-hybridized carbons (Fsp3) is 0.310. The molecule has 13 nitrogen and oxygen atoms in total. The molecular weight excluding hydrogens is 704 g/mol. The predicted molar refractivity (Wildman–Crippen MR) is 199 cm³/mol. The zero-order chi connectivity index (χ0) is 39.0. The zero-order valence-electron chi connectivity index (χ0n) is 30.5. The van der Waals surface area contributed by atoms with Crippen LogP contribution >= 0.6 is 0 Å². The number of anilines is 1. The third-order valence-corrected chi connectivity index (χ3v) is 10.8. The maximum atomic E-state index is 15.7. The Hall–Kier alpha value is -6.05. The van der Waals surface area contributed by atoms with E-state index in [0.29, 0.717) is 16.9 Å². The van der Waals surface area contributed by atoms with Crippen LogP contribution in [0.2, 0.25) is 0 Å². The van der Waals surface area contributed by atoms with Gasteiger partial charge in [-0.3, -0.25) is 19.3 Å². The zero-order valence-corrected chi connectivity index (χ0v) is 30.5. The second-order valence-electron chi connectivity index (χ2n) is 14.2. The highest BCUT2D eigenvalue weighted by atomic mass is 16.6. The summed E-state index contributed by atoms with van der Waals surface area (Å²) in [6.45, 7) is 3.18. The molecule has 0 aromatic heterocycles. The van der Waals surface area contributed by atoms with Crippen LogP contribution in [0.3, 0.4) is 0 Å². The van der Waals surface area contributed by atoms with Crippen molar-refractivity contribution in [2.24, 2.45) is 17.6 Å². The van der Waals surface area contributed by atoms with E-state index in [0.717, 1.165) is 10.5 Å². The maximum Gasteiger partial charge on any atom is 0.329 e. The third kappa shape index (κ3) is 6.09. The number of carbonyl (C=O) groups is 5. The number of aliphatic hydroxyl groups excluding tert-OH is 1. The second kappa shape index (κ2) is 15.0. The lowest BCUT2D eigenvalue weighted by molar-refractivity contribution is -0.178. The average Bonchev–Trinajstić information content (AvgIpc) is 3.66. The summed E-state index contributed by atoms with van der Waals surface area (Å²) in [5, 5.41) is 12.3. The van der Waals surface area contributed by atoms with Crippen LogP contribution in [0.5, 0.6) is 5.75 Å². The van der Waals surface area contributed by atoms with Crippen molar-refractivity contribution in [3.63, 3.8) is 0 Å². The quantitative estimate of drug-likeness (QED) is 0.200. The highest BCUT2D eigenvalue weighted by Crippen LogP contribution is 2.65. The average molecular weight is 747 g/mol. The Bertz CT molecular complexity index is 2110. The molecule has 4 N–H and O–H groups in total. The summed E-state index contributed by atoms with van der Waals surface area (Å²) >= 11 is 0. The van der Waals surface area contributed by atoms with E-state index in [1.54, 1.807) is 62.4 Å². The summed E-state index contributed by atoms with van der Waals surface area (Å²) in [5.41, 5.74) is 6.70. The Morgan fingerprint density at radius 3 is 2.15 bits per heavy atom. The molecule has 13 heteroatoms. The normalized spacial score (nSPS) is 24.9. The fourth-order valence-corrected chi connectivity index (χ4v) is 8.65. The molecule has 2 fully saturated rings. The first kappa shape index (κ1) is 37.3. The Kier molecular flexibility index (Phi) is 10.2. The van der Waals surface area contributed by atoms with Gasteiger partial charge in [0.15, 0.2) is 0 Å². The van der Waals surface area contributed by atoms with Crippen LogP contribution in [-0.4, -0.2) is 72.2 Å². The highest BCUT2D eigenvalue weighted by Gasteiger charge is 2.75. The molecule has 3 aliphatic rings. The molecule has 2 saturated heterocycles. The molecule has 3 heterocycles. The van der Waals surface area contributed by atoms with E-state index in [9.17, 15) is 24.3 Å². The number of nitrogens with one attached hydrogen (secondary N) is 1. The first-order valence-electron chi connectivity index (χ1n) is 18.1. The van der Waals surface area contributed by atoms with Crippen molar-refractivity contribution in [2.45, 2.75) is 49.5 Å². The number of primary amides is 1. The molecule has 4 aromatic rings. The molecule has 7 atom stereocenters. The number of esters is 2. The van der Waals surface area contributed by atoms with Crippen LogP contribution in [0, 0.1) is 11.8 Å². The summed E-state index contributed by atoms with van der Waals surface area (Å²) < 4.78 is 17.1. The minimum absolute atomic E-state index is 0.0164. The molecule has 0 bridgehead atoms. The number of hydrogen-bond donors (Lipinski definition) is 3. The monoisotopic (exact) mass is 746 g/mol. The number of ether oxygens (including phenoxy) is 3. The van der Waals surface area contributed by atoms with Crippen molar-refractivity contribution < 1.29 is 43.3 Å². The number of methoxy groups -OCH3 is 1. The van der Waals surface area contributed by atoms with Crippen LogP contribution in [0.15, 0.2) is 109 Å². The van der Waals surface area contributed by atoms with Gasteiger partial charge >= 0.3 is 18.0 Å². The van der Waals surface area contributed by atoms with Crippen molar-refractivity contribution >= 4 is 35.5 Å².